The van der Waals surface area contributed by atoms with Crippen molar-refractivity contribution < 1.29 is 4.79 Å². The van der Waals surface area contributed by atoms with Gasteiger partial charge in [0.1, 0.15) is 5.69 Å². The molecule has 0 N–H and O–H groups in total. The van der Waals surface area contributed by atoms with Crippen LogP contribution in [-0.4, -0.2) is 15.8 Å². The molecule has 3 heteroatoms. The van der Waals surface area contributed by atoms with Gasteiger partial charge in [0.05, 0.1) is 6.04 Å². The minimum Gasteiger partial charge on any atom is -0.326 e. The Balaban J connectivity index is 1.71. The number of rotatable bonds is 4. The second-order valence-electron chi connectivity index (χ2n) is 7.34. The Bertz CT molecular complexity index is 962. The van der Waals surface area contributed by atoms with Gasteiger partial charge >= 0.3 is 0 Å². The number of benzene rings is 2. The van der Waals surface area contributed by atoms with E-state index in [1.54, 1.807) is 0 Å². The Morgan fingerprint density at radius 2 is 1.78 bits per heavy atom. The van der Waals surface area contributed by atoms with Crippen LogP contribution in [0.2, 0.25) is 0 Å². The van der Waals surface area contributed by atoms with E-state index in [2.05, 4.69) is 60.4 Å². The smallest absolute Gasteiger partial charge is 0.273 e. The minimum atomic E-state index is 0.000906. The molecule has 0 spiro atoms. The Morgan fingerprint density at radius 1 is 1.00 bits per heavy atom. The van der Waals surface area contributed by atoms with E-state index >= 15 is 0 Å². The van der Waals surface area contributed by atoms with Crippen LogP contribution in [0, 0.1) is 13.8 Å². The van der Waals surface area contributed by atoms with Gasteiger partial charge in [0, 0.05) is 12.2 Å². The zero-order valence-corrected chi connectivity index (χ0v) is 15.9. The van der Waals surface area contributed by atoms with Crippen LogP contribution in [0.1, 0.15) is 50.9 Å². The highest BCUT2D eigenvalue weighted by Crippen LogP contribution is 2.37. The fraction of sp³-hybridized carbons (Fsp3) is 0.250. The van der Waals surface area contributed by atoms with Crippen LogP contribution in [0.15, 0.2) is 66.7 Å². The summed E-state index contributed by atoms with van der Waals surface area (Å²) < 4.78 is 0. The number of amides is 1. The van der Waals surface area contributed by atoms with Crippen molar-refractivity contribution in [2.45, 2.75) is 39.3 Å². The molecular weight excluding hydrogens is 332 g/mol. The summed E-state index contributed by atoms with van der Waals surface area (Å²) in [6, 6.07) is 22.6. The molecule has 0 aliphatic heterocycles. The van der Waals surface area contributed by atoms with Crippen molar-refractivity contribution in [3.05, 3.63) is 100 Å². The first kappa shape index (κ1) is 17.5. The predicted octanol–water partition coefficient (Wildman–Crippen LogP) is 5.03. The van der Waals surface area contributed by atoms with Crippen molar-refractivity contribution in [2.24, 2.45) is 0 Å². The first-order valence-corrected chi connectivity index (χ1v) is 9.50. The Hall–Kier alpha value is -2.94. The third kappa shape index (κ3) is 3.63. The van der Waals surface area contributed by atoms with Gasteiger partial charge in [0.25, 0.3) is 5.91 Å². The van der Waals surface area contributed by atoms with E-state index in [1.165, 1.54) is 16.7 Å². The van der Waals surface area contributed by atoms with Gasteiger partial charge in [-0.05, 0) is 55.5 Å². The number of pyridine rings is 1. The van der Waals surface area contributed by atoms with Gasteiger partial charge in [0.15, 0.2) is 0 Å². The molecule has 4 rings (SSSR count). The molecule has 0 saturated carbocycles. The summed E-state index contributed by atoms with van der Waals surface area (Å²) in [5, 5.41) is 0. The number of carbonyl (C=O) groups is 1. The molecule has 3 aromatic rings. The third-order valence-electron chi connectivity index (χ3n) is 5.32. The molecule has 1 heterocycles. The van der Waals surface area contributed by atoms with Gasteiger partial charge in [-0.25, -0.2) is 4.98 Å². The molecule has 0 fully saturated rings. The maximum Gasteiger partial charge on any atom is 0.273 e. The van der Waals surface area contributed by atoms with E-state index in [0.29, 0.717) is 12.2 Å². The minimum absolute atomic E-state index is 0.000906. The second kappa shape index (κ2) is 7.36. The molecule has 1 aliphatic rings. The number of fused-ring (bicyclic) bond motifs is 1. The number of hydrogen-bond donors (Lipinski definition) is 0. The fourth-order valence-electron chi connectivity index (χ4n) is 3.88. The van der Waals surface area contributed by atoms with Crippen molar-refractivity contribution in [1.82, 2.24) is 9.88 Å². The summed E-state index contributed by atoms with van der Waals surface area (Å²) in [5.41, 5.74) is 6.37. The number of nitrogens with zero attached hydrogens (tertiary/aromatic N) is 2. The van der Waals surface area contributed by atoms with Gasteiger partial charge in [-0.15, -0.1) is 0 Å². The lowest BCUT2D eigenvalue weighted by Gasteiger charge is -2.30. The lowest BCUT2D eigenvalue weighted by atomic mass is 10.0. The lowest BCUT2D eigenvalue weighted by molar-refractivity contribution is 0.0652. The van der Waals surface area contributed by atoms with Crippen molar-refractivity contribution in [1.29, 1.82) is 0 Å². The summed E-state index contributed by atoms with van der Waals surface area (Å²) in [5.74, 6) is 0.000906. The molecule has 1 aliphatic carbocycles. The van der Waals surface area contributed by atoms with Crippen LogP contribution in [0.5, 0.6) is 0 Å². The third-order valence-corrected chi connectivity index (χ3v) is 5.32. The zero-order chi connectivity index (χ0) is 18.8. The van der Waals surface area contributed by atoms with Gasteiger partial charge < -0.3 is 4.90 Å². The number of hydrogen-bond acceptors (Lipinski definition) is 2. The van der Waals surface area contributed by atoms with Crippen molar-refractivity contribution >= 4 is 5.91 Å². The molecule has 27 heavy (non-hydrogen) atoms. The molecular formula is C24H24N2O. The van der Waals surface area contributed by atoms with Crippen LogP contribution in [0.25, 0.3) is 0 Å². The van der Waals surface area contributed by atoms with Crippen LogP contribution >= 0.6 is 0 Å². The predicted molar refractivity (Wildman–Crippen MR) is 108 cm³/mol. The summed E-state index contributed by atoms with van der Waals surface area (Å²) in [6.07, 6.45) is 1.97. The summed E-state index contributed by atoms with van der Waals surface area (Å²) >= 11 is 0. The van der Waals surface area contributed by atoms with Crippen LogP contribution in [0.4, 0.5) is 0 Å². The zero-order valence-electron chi connectivity index (χ0n) is 15.9. The fourth-order valence-corrected chi connectivity index (χ4v) is 3.88. The average molecular weight is 356 g/mol. The van der Waals surface area contributed by atoms with Crippen LogP contribution in [-0.2, 0) is 13.0 Å². The Labute approximate surface area is 160 Å². The molecule has 1 unspecified atom stereocenters. The standard InChI is InChI=1S/C24H24N2O/c1-17-10-12-19(13-11-17)16-26(24(27)22-9-5-6-18(2)25-22)23-15-14-20-7-3-4-8-21(20)23/h3-13,23H,14-16H2,1-2H3. The van der Waals surface area contributed by atoms with Gasteiger partial charge in [-0.1, -0.05) is 60.2 Å². The maximum atomic E-state index is 13.4. The molecule has 136 valence electrons. The summed E-state index contributed by atoms with van der Waals surface area (Å²) in [4.78, 5) is 19.9. The van der Waals surface area contributed by atoms with Crippen molar-refractivity contribution in [3.63, 3.8) is 0 Å². The molecule has 3 nitrogen and oxygen atoms in total. The quantitative estimate of drug-likeness (QED) is 0.657. The maximum absolute atomic E-state index is 13.4. The van der Waals surface area contributed by atoms with E-state index in [9.17, 15) is 4.79 Å². The number of aryl methyl sites for hydroxylation is 3. The average Bonchev–Trinajstić information content (AvgIpc) is 3.11. The van der Waals surface area contributed by atoms with E-state index < -0.39 is 0 Å². The highest BCUT2D eigenvalue weighted by atomic mass is 16.2. The molecule has 1 aromatic heterocycles. The van der Waals surface area contributed by atoms with E-state index in [4.69, 9.17) is 0 Å². The number of carbonyl (C=O) groups excluding carboxylic acids is 1. The highest BCUT2D eigenvalue weighted by molar-refractivity contribution is 5.92. The Morgan fingerprint density at radius 3 is 2.56 bits per heavy atom. The van der Waals surface area contributed by atoms with E-state index in [0.717, 1.165) is 24.1 Å². The van der Waals surface area contributed by atoms with Crippen LogP contribution < -0.4 is 0 Å². The van der Waals surface area contributed by atoms with Crippen molar-refractivity contribution in [3.8, 4) is 0 Å². The number of aromatic nitrogens is 1. The first-order valence-electron chi connectivity index (χ1n) is 9.50. The summed E-state index contributed by atoms with van der Waals surface area (Å²) in [6.45, 7) is 4.59. The van der Waals surface area contributed by atoms with Gasteiger partial charge in [0.2, 0.25) is 0 Å². The largest absolute Gasteiger partial charge is 0.326 e. The van der Waals surface area contributed by atoms with Crippen LogP contribution in [0.3, 0.4) is 0 Å². The van der Waals surface area contributed by atoms with E-state index in [-0.39, 0.29) is 11.9 Å². The van der Waals surface area contributed by atoms with Gasteiger partial charge in [-0.3, -0.25) is 4.79 Å². The molecule has 0 radical (unpaired) electrons. The first-order chi connectivity index (χ1) is 13.1. The molecule has 0 saturated heterocycles. The highest BCUT2D eigenvalue weighted by Gasteiger charge is 2.32. The van der Waals surface area contributed by atoms with Crippen molar-refractivity contribution in [2.75, 3.05) is 0 Å². The molecule has 1 atom stereocenters. The molecule has 1 amide bonds. The SMILES string of the molecule is Cc1ccc(CN(C(=O)c2cccc(C)n2)C2CCc3ccccc32)cc1. The van der Waals surface area contributed by atoms with E-state index in [1.807, 2.05) is 30.0 Å². The summed E-state index contributed by atoms with van der Waals surface area (Å²) in [7, 11) is 0. The molecule has 0 bridgehead atoms. The van der Waals surface area contributed by atoms with Gasteiger partial charge in [-0.2, -0.15) is 0 Å². The Kier molecular flexibility index (Phi) is 4.76. The normalized spacial score (nSPS) is 15.4. The lowest BCUT2D eigenvalue weighted by Crippen LogP contribution is -2.34. The molecule has 2 aromatic carbocycles. The monoisotopic (exact) mass is 356 g/mol. The second-order valence-corrected chi connectivity index (χ2v) is 7.34. The topological polar surface area (TPSA) is 33.2 Å².